The van der Waals surface area contributed by atoms with Gasteiger partial charge in [-0.1, -0.05) is 25.1 Å². The lowest BCUT2D eigenvalue weighted by Crippen LogP contribution is -1.95. The summed E-state index contributed by atoms with van der Waals surface area (Å²) < 4.78 is 19.0. The minimum atomic E-state index is -0.341. The highest BCUT2D eigenvalue weighted by molar-refractivity contribution is 9.10. The Labute approximate surface area is 107 Å². The number of aromatic nitrogens is 1. The number of halogens is 2. The van der Waals surface area contributed by atoms with Crippen LogP contribution in [-0.2, 0) is 0 Å². The number of hydrogen-bond acceptors (Lipinski definition) is 3. The summed E-state index contributed by atoms with van der Waals surface area (Å²) in [6.45, 7) is 3.97. The van der Waals surface area contributed by atoms with Crippen molar-refractivity contribution in [2.45, 2.75) is 19.8 Å². The number of benzene rings is 1. The average Bonchev–Trinajstić information content (AvgIpc) is 2.64. The molecule has 2 aromatic rings. The monoisotopic (exact) mass is 298 g/mol. The first-order valence-corrected chi connectivity index (χ1v) is 6.01. The van der Waals surface area contributed by atoms with Gasteiger partial charge in [-0.05, 0) is 34.0 Å². The summed E-state index contributed by atoms with van der Waals surface area (Å²) in [5, 5.41) is 3.74. The molecule has 0 aliphatic rings. The van der Waals surface area contributed by atoms with Crippen molar-refractivity contribution in [3.05, 3.63) is 34.1 Å². The van der Waals surface area contributed by atoms with Crippen molar-refractivity contribution in [2.24, 2.45) is 0 Å². The third-order valence-corrected chi connectivity index (χ3v) is 3.34. The Bertz CT molecular complexity index is 551. The number of anilines is 1. The van der Waals surface area contributed by atoms with Crippen molar-refractivity contribution in [1.82, 2.24) is 5.16 Å². The zero-order chi connectivity index (χ0) is 12.6. The summed E-state index contributed by atoms with van der Waals surface area (Å²) in [7, 11) is 0. The zero-order valence-electron chi connectivity index (χ0n) is 9.50. The standard InChI is InChI=1S/C12H12BrFN2O/c1-6(2)9-11(17-16-12(9)15)7-4-3-5-8(14)10(7)13/h3-6H,1-2H3,(H2,15,16). The Morgan fingerprint density at radius 3 is 2.76 bits per heavy atom. The summed E-state index contributed by atoms with van der Waals surface area (Å²) >= 11 is 3.21. The zero-order valence-corrected chi connectivity index (χ0v) is 11.1. The minimum Gasteiger partial charge on any atom is -0.381 e. The van der Waals surface area contributed by atoms with E-state index in [1.54, 1.807) is 12.1 Å². The van der Waals surface area contributed by atoms with Crippen molar-refractivity contribution in [3.8, 4) is 11.3 Å². The van der Waals surface area contributed by atoms with E-state index in [4.69, 9.17) is 10.3 Å². The topological polar surface area (TPSA) is 52.0 Å². The van der Waals surface area contributed by atoms with Gasteiger partial charge in [0.2, 0.25) is 0 Å². The van der Waals surface area contributed by atoms with Crippen LogP contribution in [0.2, 0.25) is 0 Å². The van der Waals surface area contributed by atoms with Gasteiger partial charge >= 0.3 is 0 Å². The molecule has 5 heteroatoms. The molecule has 17 heavy (non-hydrogen) atoms. The number of rotatable bonds is 2. The van der Waals surface area contributed by atoms with Crippen LogP contribution in [0.4, 0.5) is 10.2 Å². The molecule has 0 unspecified atom stereocenters. The third kappa shape index (κ3) is 2.07. The van der Waals surface area contributed by atoms with Crippen molar-refractivity contribution >= 4 is 21.7 Å². The van der Waals surface area contributed by atoms with E-state index in [1.165, 1.54) is 6.07 Å². The maximum atomic E-state index is 13.5. The van der Waals surface area contributed by atoms with Crippen molar-refractivity contribution in [2.75, 3.05) is 5.73 Å². The largest absolute Gasteiger partial charge is 0.381 e. The average molecular weight is 299 g/mol. The molecule has 0 saturated heterocycles. The van der Waals surface area contributed by atoms with Crippen molar-refractivity contribution in [3.63, 3.8) is 0 Å². The van der Waals surface area contributed by atoms with Gasteiger partial charge < -0.3 is 10.3 Å². The van der Waals surface area contributed by atoms with Gasteiger partial charge in [0.25, 0.3) is 0 Å². The lowest BCUT2D eigenvalue weighted by Gasteiger charge is -2.07. The first-order chi connectivity index (χ1) is 8.02. The van der Waals surface area contributed by atoms with Crippen LogP contribution >= 0.6 is 15.9 Å². The third-order valence-electron chi connectivity index (χ3n) is 2.53. The molecule has 0 radical (unpaired) electrons. The summed E-state index contributed by atoms with van der Waals surface area (Å²) in [4.78, 5) is 0. The Morgan fingerprint density at radius 2 is 2.12 bits per heavy atom. The molecule has 2 rings (SSSR count). The van der Waals surface area contributed by atoms with Crippen LogP contribution in [0.1, 0.15) is 25.3 Å². The molecular formula is C12H12BrFN2O. The molecule has 0 atom stereocenters. The molecule has 0 aliphatic carbocycles. The predicted molar refractivity (Wildman–Crippen MR) is 68.1 cm³/mol. The molecule has 2 N–H and O–H groups in total. The molecule has 0 aliphatic heterocycles. The highest BCUT2D eigenvalue weighted by atomic mass is 79.9. The van der Waals surface area contributed by atoms with E-state index in [9.17, 15) is 4.39 Å². The highest BCUT2D eigenvalue weighted by Gasteiger charge is 2.21. The van der Waals surface area contributed by atoms with E-state index >= 15 is 0 Å². The Kier molecular flexibility index (Phi) is 3.19. The van der Waals surface area contributed by atoms with Crippen LogP contribution in [0.25, 0.3) is 11.3 Å². The Hall–Kier alpha value is -1.36. The molecule has 0 amide bonds. The summed E-state index contributed by atoms with van der Waals surface area (Å²) in [5.41, 5.74) is 7.18. The summed E-state index contributed by atoms with van der Waals surface area (Å²) in [6.07, 6.45) is 0. The fraction of sp³-hybridized carbons (Fsp3) is 0.250. The SMILES string of the molecule is CC(C)c1c(N)noc1-c1cccc(F)c1Br. The van der Waals surface area contributed by atoms with Crippen LogP contribution in [0.15, 0.2) is 27.2 Å². The van der Waals surface area contributed by atoms with Gasteiger partial charge in [-0.25, -0.2) is 4.39 Å². The molecule has 0 saturated carbocycles. The molecule has 0 fully saturated rings. The van der Waals surface area contributed by atoms with Crippen LogP contribution in [-0.4, -0.2) is 5.16 Å². The molecule has 3 nitrogen and oxygen atoms in total. The molecular weight excluding hydrogens is 287 g/mol. The van der Waals surface area contributed by atoms with Gasteiger partial charge in [0, 0.05) is 11.1 Å². The van der Waals surface area contributed by atoms with Gasteiger partial charge in [0.15, 0.2) is 11.6 Å². The van der Waals surface area contributed by atoms with Gasteiger partial charge in [-0.2, -0.15) is 0 Å². The molecule has 1 heterocycles. The highest BCUT2D eigenvalue weighted by Crippen LogP contribution is 2.37. The second-order valence-corrected chi connectivity index (χ2v) is 4.86. The normalized spacial score (nSPS) is 11.1. The predicted octanol–water partition coefficient (Wildman–Crippen LogP) is 3.95. The molecule has 0 bridgehead atoms. The maximum absolute atomic E-state index is 13.5. The first kappa shape index (κ1) is 12.1. The Morgan fingerprint density at radius 1 is 1.41 bits per heavy atom. The van der Waals surface area contributed by atoms with Crippen LogP contribution in [0.3, 0.4) is 0 Å². The minimum absolute atomic E-state index is 0.159. The van der Waals surface area contributed by atoms with Crippen LogP contribution in [0, 0.1) is 5.82 Å². The summed E-state index contributed by atoms with van der Waals surface area (Å²) in [5.74, 6) is 0.689. The van der Waals surface area contributed by atoms with Gasteiger partial charge in [0.05, 0.1) is 4.47 Å². The van der Waals surface area contributed by atoms with E-state index in [0.29, 0.717) is 21.6 Å². The van der Waals surface area contributed by atoms with Crippen LogP contribution in [0.5, 0.6) is 0 Å². The second-order valence-electron chi connectivity index (χ2n) is 4.07. The second kappa shape index (κ2) is 4.49. The van der Waals surface area contributed by atoms with Gasteiger partial charge in [-0.3, -0.25) is 0 Å². The first-order valence-electron chi connectivity index (χ1n) is 5.21. The van der Waals surface area contributed by atoms with E-state index in [1.807, 2.05) is 13.8 Å². The molecule has 0 spiro atoms. The Balaban J connectivity index is 2.65. The fourth-order valence-corrected chi connectivity index (χ4v) is 2.19. The number of nitrogen functional groups attached to an aromatic ring is 1. The van der Waals surface area contributed by atoms with E-state index in [-0.39, 0.29) is 11.7 Å². The van der Waals surface area contributed by atoms with Gasteiger partial charge in [0.1, 0.15) is 5.82 Å². The maximum Gasteiger partial charge on any atom is 0.173 e. The fourth-order valence-electron chi connectivity index (χ4n) is 1.74. The molecule has 1 aromatic heterocycles. The molecule has 90 valence electrons. The van der Waals surface area contributed by atoms with Crippen molar-refractivity contribution < 1.29 is 8.91 Å². The van der Waals surface area contributed by atoms with E-state index in [2.05, 4.69) is 21.1 Å². The van der Waals surface area contributed by atoms with Crippen LogP contribution < -0.4 is 5.73 Å². The lowest BCUT2D eigenvalue weighted by atomic mass is 9.99. The molecule has 1 aromatic carbocycles. The smallest absolute Gasteiger partial charge is 0.173 e. The number of nitrogens with two attached hydrogens (primary N) is 1. The number of hydrogen-bond donors (Lipinski definition) is 1. The quantitative estimate of drug-likeness (QED) is 0.913. The number of nitrogens with zero attached hydrogens (tertiary/aromatic N) is 1. The lowest BCUT2D eigenvalue weighted by molar-refractivity contribution is 0.434. The van der Waals surface area contributed by atoms with E-state index < -0.39 is 0 Å². The van der Waals surface area contributed by atoms with E-state index in [0.717, 1.165) is 5.56 Å². The van der Waals surface area contributed by atoms with Crippen molar-refractivity contribution in [1.29, 1.82) is 0 Å². The van der Waals surface area contributed by atoms with Gasteiger partial charge in [-0.15, -0.1) is 0 Å². The summed E-state index contributed by atoms with van der Waals surface area (Å²) in [6, 6.07) is 4.76.